The number of hydrogen-bond acceptors (Lipinski definition) is 2. The van der Waals surface area contributed by atoms with E-state index in [1.54, 1.807) is 11.3 Å². The van der Waals surface area contributed by atoms with Gasteiger partial charge < -0.3 is 5.73 Å². The Kier molecular flexibility index (Phi) is 4.99. The molecule has 0 bridgehead atoms. The van der Waals surface area contributed by atoms with Gasteiger partial charge >= 0.3 is 0 Å². The highest BCUT2D eigenvalue weighted by molar-refractivity contribution is 9.10. The van der Waals surface area contributed by atoms with Crippen LogP contribution >= 0.6 is 27.3 Å². The van der Waals surface area contributed by atoms with E-state index in [0.717, 1.165) is 10.9 Å². The van der Waals surface area contributed by atoms with Gasteiger partial charge in [-0.25, -0.2) is 0 Å². The lowest BCUT2D eigenvalue weighted by molar-refractivity contribution is 0.587. The first kappa shape index (κ1) is 11.2. The van der Waals surface area contributed by atoms with Gasteiger partial charge in [0.05, 0.1) is 0 Å². The van der Waals surface area contributed by atoms with Gasteiger partial charge in [0.25, 0.3) is 0 Å². The highest BCUT2D eigenvalue weighted by Gasteiger charge is 2.07. The smallest absolute Gasteiger partial charge is 0.0390 e. The first-order valence-electron chi connectivity index (χ1n) is 4.73. The second-order valence-corrected chi connectivity index (χ2v) is 5.13. The fraction of sp³-hybridized carbons (Fsp3) is 0.600. The zero-order valence-corrected chi connectivity index (χ0v) is 10.3. The maximum absolute atomic E-state index is 6.04. The van der Waals surface area contributed by atoms with E-state index in [1.807, 2.05) is 0 Å². The van der Waals surface area contributed by atoms with E-state index in [1.165, 1.54) is 24.1 Å². The van der Waals surface area contributed by atoms with Gasteiger partial charge in [-0.3, -0.25) is 0 Å². The van der Waals surface area contributed by atoms with Crippen molar-refractivity contribution in [3.8, 4) is 0 Å². The summed E-state index contributed by atoms with van der Waals surface area (Å²) in [5.41, 5.74) is 6.04. The van der Waals surface area contributed by atoms with E-state index in [2.05, 4.69) is 34.3 Å². The van der Waals surface area contributed by atoms with Crippen molar-refractivity contribution in [2.24, 2.45) is 5.73 Å². The van der Waals surface area contributed by atoms with Gasteiger partial charge in [-0.15, -0.1) is 11.3 Å². The maximum atomic E-state index is 6.04. The van der Waals surface area contributed by atoms with E-state index in [-0.39, 0.29) is 6.04 Å². The van der Waals surface area contributed by atoms with Gasteiger partial charge in [0, 0.05) is 20.8 Å². The average Bonchev–Trinajstić information content (AvgIpc) is 2.52. The molecule has 3 heteroatoms. The first-order valence-corrected chi connectivity index (χ1v) is 6.40. The molecule has 0 amide bonds. The summed E-state index contributed by atoms with van der Waals surface area (Å²) < 4.78 is 1.15. The summed E-state index contributed by atoms with van der Waals surface area (Å²) in [6.45, 7) is 2.22. The molecule has 0 saturated heterocycles. The van der Waals surface area contributed by atoms with Crippen LogP contribution in [-0.2, 0) is 0 Å². The van der Waals surface area contributed by atoms with Gasteiger partial charge in [0.2, 0.25) is 0 Å². The van der Waals surface area contributed by atoms with Gasteiger partial charge in [0.1, 0.15) is 0 Å². The molecule has 1 heterocycles. The normalized spacial score (nSPS) is 13.2. The minimum Gasteiger partial charge on any atom is -0.323 e. The molecule has 1 aromatic heterocycles. The van der Waals surface area contributed by atoms with E-state index >= 15 is 0 Å². The summed E-state index contributed by atoms with van der Waals surface area (Å²) in [5, 5.41) is 2.09. The highest BCUT2D eigenvalue weighted by Crippen LogP contribution is 2.26. The minimum atomic E-state index is 0.239. The van der Waals surface area contributed by atoms with Gasteiger partial charge in [0.15, 0.2) is 0 Å². The average molecular weight is 262 g/mol. The Morgan fingerprint density at radius 1 is 1.54 bits per heavy atom. The molecule has 0 aliphatic rings. The van der Waals surface area contributed by atoms with Crippen LogP contribution in [0.5, 0.6) is 0 Å². The lowest BCUT2D eigenvalue weighted by atomic mass is 10.1. The van der Waals surface area contributed by atoms with Crippen molar-refractivity contribution in [1.82, 2.24) is 0 Å². The molecule has 13 heavy (non-hydrogen) atoms. The van der Waals surface area contributed by atoms with Crippen molar-refractivity contribution in [2.75, 3.05) is 0 Å². The molecule has 0 saturated carbocycles. The number of thiophene rings is 1. The van der Waals surface area contributed by atoms with Gasteiger partial charge in [-0.05, 0) is 28.4 Å². The van der Waals surface area contributed by atoms with Gasteiger partial charge in [-0.1, -0.05) is 26.2 Å². The van der Waals surface area contributed by atoms with Crippen LogP contribution in [0.25, 0.3) is 0 Å². The van der Waals surface area contributed by atoms with Crippen LogP contribution in [0, 0.1) is 0 Å². The number of halogens is 1. The Labute approximate surface area is 92.5 Å². The minimum absolute atomic E-state index is 0.239. The Morgan fingerprint density at radius 3 is 2.85 bits per heavy atom. The monoisotopic (exact) mass is 261 g/mol. The zero-order chi connectivity index (χ0) is 9.68. The lowest BCUT2D eigenvalue weighted by Gasteiger charge is -2.07. The quantitative estimate of drug-likeness (QED) is 0.794. The molecule has 1 nitrogen and oxygen atoms in total. The Morgan fingerprint density at radius 2 is 2.31 bits per heavy atom. The third kappa shape index (κ3) is 3.79. The van der Waals surface area contributed by atoms with E-state index in [4.69, 9.17) is 5.73 Å². The number of rotatable bonds is 5. The zero-order valence-electron chi connectivity index (χ0n) is 7.92. The summed E-state index contributed by atoms with van der Waals surface area (Å²) in [6.07, 6.45) is 4.91. The molecule has 0 spiro atoms. The predicted molar refractivity (Wildman–Crippen MR) is 63.1 cm³/mol. The van der Waals surface area contributed by atoms with E-state index in [9.17, 15) is 0 Å². The molecule has 74 valence electrons. The third-order valence-corrected chi connectivity index (χ3v) is 3.90. The van der Waals surface area contributed by atoms with Crippen LogP contribution in [0.2, 0.25) is 0 Å². The molecular formula is C10H16BrNS. The summed E-state index contributed by atoms with van der Waals surface area (Å²) in [4.78, 5) is 1.29. The Hall–Kier alpha value is 0.140. The van der Waals surface area contributed by atoms with Crippen LogP contribution in [-0.4, -0.2) is 0 Å². The first-order chi connectivity index (χ1) is 6.24. The van der Waals surface area contributed by atoms with Crippen molar-refractivity contribution in [3.63, 3.8) is 0 Å². The van der Waals surface area contributed by atoms with Crippen molar-refractivity contribution in [2.45, 2.75) is 38.6 Å². The van der Waals surface area contributed by atoms with Crippen molar-refractivity contribution >= 4 is 27.3 Å². The molecule has 2 N–H and O–H groups in total. The fourth-order valence-electron chi connectivity index (χ4n) is 1.28. The van der Waals surface area contributed by atoms with Crippen molar-refractivity contribution in [3.05, 3.63) is 20.8 Å². The highest BCUT2D eigenvalue weighted by atomic mass is 79.9. The standard InChI is InChI=1S/C10H16BrNS/c1-2-3-4-5-9(12)10-6-8(11)7-13-10/h6-7,9H,2-5,12H2,1H3/t9-/m0/s1. The molecule has 0 aliphatic carbocycles. The SMILES string of the molecule is CCCCC[C@H](N)c1cc(Br)cs1. The fourth-order valence-corrected chi connectivity index (χ4v) is 2.76. The predicted octanol–water partition coefficient (Wildman–Crippen LogP) is 4.09. The third-order valence-electron chi connectivity index (χ3n) is 2.07. The molecular weight excluding hydrogens is 246 g/mol. The molecule has 0 aromatic carbocycles. The van der Waals surface area contributed by atoms with Crippen molar-refractivity contribution < 1.29 is 0 Å². The van der Waals surface area contributed by atoms with Crippen LogP contribution in [0.3, 0.4) is 0 Å². The summed E-state index contributed by atoms with van der Waals surface area (Å²) in [5.74, 6) is 0. The molecule has 1 atom stereocenters. The molecule has 0 fully saturated rings. The van der Waals surface area contributed by atoms with Gasteiger partial charge in [-0.2, -0.15) is 0 Å². The van der Waals surface area contributed by atoms with Crippen LogP contribution in [0.15, 0.2) is 15.9 Å². The maximum Gasteiger partial charge on any atom is 0.0390 e. The van der Waals surface area contributed by atoms with E-state index < -0.39 is 0 Å². The van der Waals surface area contributed by atoms with Crippen LogP contribution in [0.4, 0.5) is 0 Å². The molecule has 0 radical (unpaired) electrons. The summed E-state index contributed by atoms with van der Waals surface area (Å²) >= 11 is 5.18. The van der Waals surface area contributed by atoms with E-state index in [0.29, 0.717) is 0 Å². The topological polar surface area (TPSA) is 26.0 Å². The van der Waals surface area contributed by atoms with Crippen molar-refractivity contribution in [1.29, 1.82) is 0 Å². The molecule has 1 rings (SSSR count). The summed E-state index contributed by atoms with van der Waals surface area (Å²) in [6, 6.07) is 2.37. The van der Waals surface area contributed by atoms with Crippen LogP contribution in [0.1, 0.15) is 43.5 Å². The largest absolute Gasteiger partial charge is 0.323 e. The molecule has 1 aromatic rings. The number of hydrogen-bond donors (Lipinski definition) is 1. The molecule has 0 unspecified atom stereocenters. The number of unbranched alkanes of at least 4 members (excludes halogenated alkanes) is 2. The second kappa shape index (κ2) is 5.78. The lowest BCUT2D eigenvalue weighted by Crippen LogP contribution is -2.07. The molecule has 0 aliphatic heterocycles. The van der Waals surface area contributed by atoms with Crippen LogP contribution < -0.4 is 5.73 Å². The Balaban J connectivity index is 2.35. The number of nitrogens with two attached hydrogens (primary N) is 1. The second-order valence-electron chi connectivity index (χ2n) is 3.27. The summed E-state index contributed by atoms with van der Waals surface area (Å²) in [7, 11) is 0. The Bertz CT molecular complexity index is 247.